The fourth-order valence-corrected chi connectivity index (χ4v) is 6.14. The van der Waals surface area contributed by atoms with Crippen molar-refractivity contribution in [2.75, 3.05) is 20.8 Å². The standard InChI is InChI=1S/C25H30N2O6S/c1-32-22-13-12-17(15-23(22)33-2)14-20(18-8-4-3-5-9-18)25(24(29)16-26,34(27,30)31)19-10-6-7-11-21(19)28/h3-13,15,20,24,28-29H,14,16,26H2,1-2H3,(H2,27,30,31). The zero-order valence-corrected chi connectivity index (χ0v) is 19.9. The molecule has 9 heteroatoms. The molecule has 0 spiro atoms. The smallest absolute Gasteiger partial charge is 0.222 e. The van der Waals surface area contributed by atoms with Gasteiger partial charge in [-0.05, 0) is 35.7 Å². The minimum atomic E-state index is -4.56. The van der Waals surface area contributed by atoms with Gasteiger partial charge in [-0.2, -0.15) is 0 Å². The van der Waals surface area contributed by atoms with Gasteiger partial charge in [0.2, 0.25) is 10.0 Å². The Bertz CT molecular complexity index is 1220. The van der Waals surface area contributed by atoms with E-state index in [-0.39, 0.29) is 17.7 Å². The van der Waals surface area contributed by atoms with Gasteiger partial charge in [0.25, 0.3) is 0 Å². The number of hydrogen-bond donors (Lipinski definition) is 4. The molecule has 0 bridgehead atoms. The summed E-state index contributed by atoms with van der Waals surface area (Å²) in [7, 11) is -1.53. The van der Waals surface area contributed by atoms with E-state index < -0.39 is 33.3 Å². The van der Waals surface area contributed by atoms with Crippen molar-refractivity contribution in [3.63, 3.8) is 0 Å². The number of primary sulfonamides is 1. The number of para-hydroxylation sites is 1. The minimum absolute atomic E-state index is 0.0234. The van der Waals surface area contributed by atoms with Crippen LogP contribution in [0.3, 0.4) is 0 Å². The largest absolute Gasteiger partial charge is 0.508 e. The van der Waals surface area contributed by atoms with Crippen LogP contribution in [0, 0.1) is 0 Å². The summed E-state index contributed by atoms with van der Waals surface area (Å²) in [6.45, 7) is -0.403. The number of phenolic OH excluding ortho intramolecular Hbond substituents is 1. The maximum Gasteiger partial charge on any atom is 0.222 e. The van der Waals surface area contributed by atoms with Crippen LogP contribution >= 0.6 is 0 Å². The Balaban J connectivity index is 2.35. The van der Waals surface area contributed by atoms with Gasteiger partial charge in [0.05, 0.1) is 20.3 Å². The summed E-state index contributed by atoms with van der Waals surface area (Å²) in [5, 5.41) is 27.9. The van der Waals surface area contributed by atoms with E-state index in [1.807, 2.05) is 0 Å². The fourth-order valence-electron chi connectivity index (χ4n) is 4.57. The lowest BCUT2D eigenvalue weighted by Gasteiger charge is -2.43. The molecule has 0 aliphatic heterocycles. The zero-order chi connectivity index (χ0) is 24.9. The molecule has 3 aromatic rings. The summed E-state index contributed by atoms with van der Waals surface area (Å²) in [5.74, 6) is -0.246. The van der Waals surface area contributed by atoms with Crippen LogP contribution in [0.25, 0.3) is 0 Å². The highest BCUT2D eigenvalue weighted by molar-refractivity contribution is 7.90. The molecule has 0 fully saturated rings. The number of sulfonamides is 1. The topological polar surface area (TPSA) is 145 Å². The number of ether oxygens (including phenoxy) is 2. The van der Waals surface area contributed by atoms with Gasteiger partial charge >= 0.3 is 0 Å². The van der Waals surface area contributed by atoms with Crippen LogP contribution in [-0.4, -0.2) is 45.5 Å². The van der Waals surface area contributed by atoms with Gasteiger partial charge in [0.15, 0.2) is 11.5 Å². The van der Waals surface area contributed by atoms with Crippen LogP contribution in [0.1, 0.15) is 22.6 Å². The Kier molecular flexibility index (Phi) is 7.83. The number of hydrogen-bond acceptors (Lipinski definition) is 7. The first-order valence-electron chi connectivity index (χ1n) is 10.7. The molecule has 0 saturated heterocycles. The second kappa shape index (κ2) is 10.4. The lowest BCUT2D eigenvalue weighted by atomic mass is 9.73. The highest BCUT2D eigenvalue weighted by atomic mass is 32.2. The molecule has 0 amide bonds. The van der Waals surface area contributed by atoms with Crippen molar-refractivity contribution < 1.29 is 28.1 Å². The molecule has 0 aliphatic carbocycles. The van der Waals surface area contributed by atoms with Gasteiger partial charge in [-0.25, -0.2) is 13.6 Å². The summed E-state index contributed by atoms with van der Waals surface area (Å²) in [4.78, 5) is 0. The highest BCUT2D eigenvalue weighted by Gasteiger charge is 2.56. The van der Waals surface area contributed by atoms with Gasteiger partial charge in [-0.15, -0.1) is 0 Å². The molecule has 0 aromatic heterocycles. The van der Waals surface area contributed by atoms with Crippen molar-refractivity contribution in [2.24, 2.45) is 10.9 Å². The average Bonchev–Trinajstić information content (AvgIpc) is 2.84. The van der Waals surface area contributed by atoms with Gasteiger partial charge in [0, 0.05) is 18.0 Å². The molecule has 0 aliphatic rings. The Morgan fingerprint density at radius 1 is 0.941 bits per heavy atom. The number of aromatic hydroxyl groups is 1. The highest BCUT2D eigenvalue weighted by Crippen LogP contribution is 2.50. The van der Waals surface area contributed by atoms with Crippen molar-refractivity contribution in [2.45, 2.75) is 23.2 Å². The fraction of sp³-hybridized carbons (Fsp3) is 0.280. The van der Waals surface area contributed by atoms with Gasteiger partial charge in [-0.1, -0.05) is 54.6 Å². The normalized spacial score (nSPS) is 15.2. The molecule has 3 aromatic carbocycles. The molecule has 3 unspecified atom stereocenters. The third kappa shape index (κ3) is 4.60. The molecule has 3 atom stereocenters. The summed E-state index contributed by atoms with van der Waals surface area (Å²) in [5.41, 5.74) is 7.13. The van der Waals surface area contributed by atoms with E-state index in [1.165, 1.54) is 26.4 Å². The van der Waals surface area contributed by atoms with Gasteiger partial charge < -0.3 is 25.4 Å². The Hall–Kier alpha value is -3.11. The van der Waals surface area contributed by atoms with Crippen LogP contribution < -0.4 is 20.3 Å². The van der Waals surface area contributed by atoms with Crippen LogP contribution in [0.5, 0.6) is 17.2 Å². The summed E-state index contributed by atoms with van der Waals surface area (Å²) < 4.78 is 35.5. The molecule has 3 rings (SSSR count). The molecular weight excluding hydrogens is 456 g/mol. The van der Waals surface area contributed by atoms with E-state index in [0.717, 1.165) is 0 Å². The van der Waals surface area contributed by atoms with Crippen molar-refractivity contribution >= 4 is 10.0 Å². The number of nitrogens with two attached hydrogens (primary N) is 2. The number of methoxy groups -OCH3 is 2. The average molecular weight is 487 g/mol. The van der Waals surface area contributed by atoms with Crippen LogP contribution in [0.4, 0.5) is 0 Å². The van der Waals surface area contributed by atoms with Crippen LogP contribution in [0.15, 0.2) is 72.8 Å². The SMILES string of the molecule is COc1ccc(CC(c2ccccc2)C(c2ccccc2O)(C(O)CN)S(N)(=O)=O)cc1OC. The number of aliphatic hydroxyl groups is 1. The first-order valence-corrected chi connectivity index (χ1v) is 12.2. The molecule has 182 valence electrons. The monoisotopic (exact) mass is 486 g/mol. The summed E-state index contributed by atoms with van der Waals surface area (Å²) in [6, 6.07) is 20.0. The number of phenols is 1. The van der Waals surface area contributed by atoms with E-state index in [4.69, 9.17) is 20.3 Å². The van der Waals surface area contributed by atoms with Crippen molar-refractivity contribution in [1.82, 2.24) is 0 Å². The molecule has 0 heterocycles. The van der Waals surface area contributed by atoms with E-state index in [1.54, 1.807) is 60.7 Å². The number of benzene rings is 3. The van der Waals surface area contributed by atoms with E-state index in [0.29, 0.717) is 22.6 Å². The first kappa shape index (κ1) is 25.5. The predicted molar refractivity (Wildman–Crippen MR) is 130 cm³/mol. The van der Waals surface area contributed by atoms with Crippen LogP contribution in [0.2, 0.25) is 0 Å². The van der Waals surface area contributed by atoms with E-state index >= 15 is 0 Å². The van der Waals surface area contributed by atoms with Gasteiger partial charge in [0.1, 0.15) is 10.5 Å². The first-order chi connectivity index (χ1) is 16.2. The molecular formula is C25H30N2O6S. The molecule has 34 heavy (non-hydrogen) atoms. The van der Waals surface area contributed by atoms with Gasteiger partial charge in [-0.3, -0.25) is 0 Å². The number of aliphatic hydroxyl groups excluding tert-OH is 1. The summed E-state index contributed by atoms with van der Waals surface area (Å²) in [6.07, 6.45) is -1.49. The number of rotatable bonds is 10. The lowest BCUT2D eigenvalue weighted by molar-refractivity contribution is 0.112. The Labute approximate surface area is 199 Å². The van der Waals surface area contributed by atoms with E-state index in [2.05, 4.69) is 0 Å². The van der Waals surface area contributed by atoms with Crippen molar-refractivity contribution in [3.05, 3.63) is 89.5 Å². The maximum atomic E-state index is 13.4. The third-order valence-corrected chi connectivity index (χ3v) is 7.84. The Morgan fingerprint density at radius 3 is 2.12 bits per heavy atom. The maximum absolute atomic E-state index is 13.4. The minimum Gasteiger partial charge on any atom is -0.508 e. The van der Waals surface area contributed by atoms with Crippen molar-refractivity contribution in [1.29, 1.82) is 0 Å². The lowest BCUT2D eigenvalue weighted by Crippen LogP contribution is -2.56. The Morgan fingerprint density at radius 2 is 1.56 bits per heavy atom. The third-order valence-electron chi connectivity index (χ3n) is 6.12. The molecule has 8 nitrogen and oxygen atoms in total. The second-order valence-electron chi connectivity index (χ2n) is 7.96. The molecule has 0 radical (unpaired) electrons. The summed E-state index contributed by atoms with van der Waals surface area (Å²) >= 11 is 0. The zero-order valence-electron chi connectivity index (χ0n) is 19.1. The van der Waals surface area contributed by atoms with E-state index in [9.17, 15) is 18.6 Å². The predicted octanol–water partition coefficient (Wildman–Crippen LogP) is 2.24. The second-order valence-corrected chi connectivity index (χ2v) is 9.73. The quantitative estimate of drug-likeness (QED) is 0.344. The van der Waals surface area contributed by atoms with Crippen molar-refractivity contribution in [3.8, 4) is 17.2 Å². The van der Waals surface area contributed by atoms with Crippen LogP contribution in [-0.2, 0) is 21.2 Å². The molecule has 0 saturated carbocycles. The molecule has 6 N–H and O–H groups in total.